The van der Waals surface area contributed by atoms with E-state index < -0.39 is 10.0 Å². The number of aromatic amines is 1. The number of aromatic nitrogens is 1. The van der Waals surface area contributed by atoms with Crippen LogP contribution in [0.5, 0.6) is 0 Å². The van der Waals surface area contributed by atoms with Crippen molar-refractivity contribution < 1.29 is 8.42 Å². The number of nitrogens with one attached hydrogen (secondary N) is 2. The molecule has 0 bridgehead atoms. The Balaban J connectivity index is 1.99. The predicted molar refractivity (Wildman–Crippen MR) is 67.9 cm³/mol. The Kier molecular flexibility index (Phi) is 3.84. The summed E-state index contributed by atoms with van der Waals surface area (Å²) < 4.78 is 26.5. The molecule has 0 saturated carbocycles. The molecular formula is C11H17N3O3S. The van der Waals surface area contributed by atoms with Gasteiger partial charge in [-0.25, -0.2) is 13.1 Å². The maximum atomic E-state index is 11.9. The van der Waals surface area contributed by atoms with Crippen LogP contribution in [-0.2, 0) is 10.0 Å². The molecule has 2 N–H and O–H groups in total. The number of rotatable bonds is 4. The van der Waals surface area contributed by atoms with Crippen LogP contribution in [0.15, 0.2) is 28.0 Å². The zero-order valence-electron chi connectivity index (χ0n) is 10.2. The predicted octanol–water partition coefficient (Wildman–Crippen LogP) is -0.395. The number of H-pyrrole nitrogens is 1. The van der Waals surface area contributed by atoms with E-state index in [2.05, 4.69) is 14.6 Å². The number of sulfonamides is 1. The summed E-state index contributed by atoms with van der Waals surface area (Å²) in [5, 5.41) is 0. The van der Waals surface area contributed by atoms with Crippen LogP contribution in [0, 0.1) is 5.92 Å². The van der Waals surface area contributed by atoms with Gasteiger partial charge in [0, 0.05) is 25.4 Å². The summed E-state index contributed by atoms with van der Waals surface area (Å²) >= 11 is 0. The third-order valence-electron chi connectivity index (χ3n) is 3.12. The highest BCUT2D eigenvalue weighted by atomic mass is 32.2. The van der Waals surface area contributed by atoms with Crippen molar-refractivity contribution in [3.05, 3.63) is 28.7 Å². The van der Waals surface area contributed by atoms with Crippen LogP contribution in [0.1, 0.15) is 6.42 Å². The summed E-state index contributed by atoms with van der Waals surface area (Å²) in [6, 6.07) is 2.51. The van der Waals surface area contributed by atoms with Crippen molar-refractivity contribution in [1.82, 2.24) is 14.6 Å². The van der Waals surface area contributed by atoms with Gasteiger partial charge in [0.1, 0.15) is 0 Å². The first-order chi connectivity index (χ1) is 8.47. The Labute approximate surface area is 106 Å². The molecule has 100 valence electrons. The van der Waals surface area contributed by atoms with Gasteiger partial charge in [0.15, 0.2) is 0 Å². The second-order valence-electron chi connectivity index (χ2n) is 4.66. The maximum Gasteiger partial charge on any atom is 0.247 e. The summed E-state index contributed by atoms with van der Waals surface area (Å²) in [7, 11) is -1.50. The molecular weight excluding hydrogens is 254 g/mol. The number of hydrogen-bond donors (Lipinski definition) is 2. The van der Waals surface area contributed by atoms with Gasteiger partial charge in [0.25, 0.3) is 0 Å². The Morgan fingerprint density at radius 3 is 2.83 bits per heavy atom. The summed E-state index contributed by atoms with van der Waals surface area (Å²) in [5.74, 6) is 0.354. The van der Waals surface area contributed by atoms with Crippen LogP contribution < -0.4 is 10.3 Å². The lowest BCUT2D eigenvalue weighted by molar-refractivity contribution is 0.394. The monoisotopic (exact) mass is 271 g/mol. The lowest BCUT2D eigenvalue weighted by Gasteiger charge is -2.11. The molecule has 0 aliphatic carbocycles. The van der Waals surface area contributed by atoms with Crippen molar-refractivity contribution in [2.45, 2.75) is 11.3 Å². The minimum absolute atomic E-state index is 0.0912. The van der Waals surface area contributed by atoms with E-state index in [9.17, 15) is 13.2 Å². The molecule has 1 saturated heterocycles. The molecule has 1 aliphatic rings. The minimum Gasteiger partial charge on any atom is -0.328 e. The average molecular weight is 271 g/mol. The number of likely N-dealkylation sites (tertiary alicyclic amines) is 1. The van der Waals surface area contributed by atoms with E-state index in [0.717, 1.165) is 19.5 Å². The van der Waals surface area contributed by atoms with Gasteiger partial charge in [-0.2, -0.15) is 0 Å². The first kappa shape index (κ1) is 13.3. The van der Waals surface area contributed by atoms with Crippen LogP contribution in [0.3, 0.4) is 0 Å². The Morgan fingerprint density at radius 1 is 1.50 bits per heavy atom. The number of hydrogen-bond acceptors (Lipinski definition) is 4. The van der Waals surface area contributed by atoms with Gasteiger partial charge in [-0.1, -0.05) is 0 Å². The van der Waals surface area contributed by atoms with Crippen LogP contribution in [-0.4, -0.2) is 45.0 Å². The largest absolute Gasteiger partial charge is 0.328 e. The molecule has 2 rings (SSSR count). The summed E-state index contributed by atoms with van der Waals surface area (Å²) in [6.07, 6.45) is 2.22. The van der Waals surface area contributed by atoms with Crippen LogP contribution in [0.2, 0.25) is 0 Å². The first-order valence-electron chi connectivity index (χ1n) is 5.84. The fourth-order valence-electron chi connectivity index (χ4n) is 2.07. The summed E-state index contributed by atoms with van der Waals surface area (Å²) in [6.45, 7) is 2.35. The lowest BCUT2D eigenvalue weighted by atomic mass is 10.1. The standard InChI is InChI=1S/C11H17N3O3S/c1-14-5-4-9(8-14)6-13-18(16,17)10-2-3-11(15)12-7-10/h2-3,7,9,13H,4-6,8H2,1H3,(H,12,15). The van der Waals surface area contributed by atoms with Crippen LogP contribution in [0.25, 0.3) is 0 Å². The summed E-state index contributed by atoms with van der Waals surface area (Å²) in [5.41, 5.74) is -0.314. The zero-order valence-corrected chi connectivity index (χ0v) is 11.0. The maximum absolute atomic E-state index is 11.9. The van der Waals surface area contributed by atoms with Gasteiger partial charge < -0.3 is 9.88 Å². The van der Waals surface area contributed by atoms with E-state index in [1.54, 1.807) is 0 Å². The molecule has 6 nitrogen and oxygen atoms in total. The van der Waals surface area contributed by atoms with Crippen molar-refractivity contribution in [2.24, 2.45) is 5.92 Å². The molecule has 1 fully saturated rings. The van der Waals surface area contributed by atoms with Gasteiger partial charge in [-0.15, -0.1) is 0 Å². The molecule has 0 amide bonds. The fourth-order valence-corrected chi connectivity index (χ4v) is 3.15. The first-order valence-corrected chi connectivity index (χ1v) is 7.32. The van der Waals surface area contributed by atoms with Crippen LogP contribution >= 0.6 is 0 Å². The van der Waals surface area contributed by atoms with E-state index in [1.165, 1.54) is 18.3 Å². The molecule has 18 heavy (non-hydrogen) atoms. The third kappa shape index (κ3) is 3.18. The van der Waals surface area contributed by atoms with E-state index in [4.69, 9.17) is 0 Å². The van der Waals surface area contributed by atoms with E-state index in [0.29, 0.717) is 12.5 Å². The number of nitrogens with zero attached hydrogens (tertiary/aromatic N) is 1. The normalized spacial score (nSPS) is 21.3. The molecule has 2 heterocycles. The molecule has 7 heteroatoms. The topological polar surface area (TPSA) is 82.3 Å². The Morgan fingerprint density at radius 2 is 2.28 bits per heavy atom. The van der Waals surface area contributed by atoms with Gasteiger partial charge in [-0.3, -0.25) is 4.79 Å². The van der Waals surface area contributed by atoms with Crippen molar-refractivity contribution in [3.63, 3.8) is 0 Å². The Bertz CT molecular complexity index is 547. The van der Waals surface area contributed by atoms with Crippen molar-refractivity contribution >= 4 is 10.0 Å². The van der Waals surface area contributed by atoms with Gasteiger partial charge in [0.2, 0.25) is 15.6 Å². The molecule has 1 aromatic heterocycles. The third-order valence-corrected chi connectivity index (χ3v) is 4.54. The average Bonchev–Trinajstić information content (AvgIpc) is 2.73. The minimum atomic E-state index is -3.52. The molecule has 0 spiro atoms. The van der Waals surface area contributed by atoms with Gasteiger partial charge in [-0.05, 0) is 32.0 Å². The Hall–Kier alpha value is -1.18. The van der Waals surface area contributed by atoms with Crippen LogP contribution in [0.4, 0.5) is 0 Å². The van der Waals surface area contributed by atoms with Gasteiger partial charge in [0.05, 0.1) is 4.90 Å². The molecule has 1 aliphatic heterocycles. The summed E-state index contributed by atoms with van der Waals surface area (Å²) in [4.78, 5) is 15.5. The molecule has 1 unspecified atom stereocenters. The lowest BCUT2D eigenvalue weighted by Crippen LogP contribution is -2.30. The highest BCUT2D eigenvalue weighted by Gasteiger charge is 2.22. The molecule has 1 atom stereocenters. The van der Waals surface area contributed by atoms with Crippen molar-refractivity contribution in [2.75, 3.05) is 26.7 Å². The molecule has 0 radical (unpaired) electrons. The SMILES string of the molecule is CN1CCC(CNS(=O)(=O)c2ccc(=O)[nH]c2)C1. The highest BCUT2D eigenvalue weighted by molar-refractivity contribution is 7.89. The van der Waals surface area contributed by atoms with E-state index in [-0.39, 0.29) is 10.5 Å². The smallest absolute Gasteiger partial charge is 0.247 e. The molecule has 1 aromatic rings. The van der Waals surface area contributed by atoms with E-state index >= 15 is 0 Å². The second kappa shape index (κ2) is 5.21. The molecule has 0 aromatic carbocycles. The fraction of sp³-hybridized carbons (Fsp3) is 0.545. The quantitative estimate of drug-likeness (QED) is 0.781. The van der Waals surface area contributed by atoms with Gasteiger partial charge >= 0.3 is 0 Å². The second-order valence-corrected chi connectivity index (χ2v) is 6.42. The van der Waals surface area contributed by atoms with Crippen molar-refractivity contribution in [3.8, 4) is 0 Å². The van der Waals surface area contributed by atoms with E-state index in [1.807, 2.05) is 7.05 Å². The highest BCUT2D eigenvalue weighted by Crippen LogP contribution is 2.14. The van der Waals surface area contributed by atoms with Crippen molar-refractivity contribution in [1.29, 1.82) is 0 Å². The number of pyridine rings is 1. The zero-order chi connectivity index (χ0) is 13.2.